The van der Waals surface area contributed by atoms with Gasteiger partial charge in [-0.25, -0.2) is 8.60 Å². The van der Waals surface area contributed by atoms with E-state index in [2.05, 4.69) is 23.5 Å². The van der Waals surface area contributed by atoms with Crippen molar-refractivity contribution in [2.24, 2.45) is 0 Å². The van der Waals surface area contributed by atoms with Crippen LogP contribution in [-0.4, -0.2) is 33.2 Å². The van der Waals surface area contributed by atoms with Crippen LogP contribution in [-0.2, 0) is 11.3 Å². The lowest BCUT2D eigenvalue weighted by molar-refractivity contribution is 0.0964. The van der Waals surface area contributed by atoms with Crippen LogP contribution in [0.3, 0.4) is 0 Å². The lowest BCUT2D eigenvalue weighted by Crippen LogP contribution is -2.28. The van der Waals surface area contributed by atoms with Crippen molar-refractivity contribution in [1.82, 2.24) is 10.3 Å². The summed E-state index contributed by atoms with van der Waals surface area (Å²) in [5.74, 6) is -0.403. The second kappa shape index (κ2) is 9.67. The van der Waals surface area contributed by atoms with E-state index in [-0.39, 0.29) is 29.4 Å². The highest BCUT2D eigenvalue weighted by molar-refractivity contribution is 7.80. The van der Waals surface area contributed by atoms with Crippen LogP contribution in [0.5, 0.6) is 0 Å². The molecule has 2 heterocycles. The van der Waals surface area contributed by atoms with Crippen LogP contribution in [0.4, 0.5) is 10.2 Å². The number of nitrogens with one attached hydrogen (secondary N) is 1. The number of rotatable bonds is 9. The molecular formula is C22H22FN3O4S. The first-order valence-corrected chi connectivity index (χ1v) is 10.5. The lowest BCUT2D eigenvalue weighted by Gasteiger charge is -2.20. The maximum absolute atomic E-state index is 13.4. The van der Waals surface area contributed by atoms with Gasteiger partial charge >= 0.3 is 0 Å². The Morgan fingerprint density at radius 1 is 1.35 bits per heavy atom. The van der Waals surface area contributed by atoms with Crippen LogP contribution in [0.2, 0.25) is 0 Å². The number of pyridine rings is 1. The smallest absolute Gasteiger partial charge is 0.263 e. The van der Waals surface area contributed by atoms with Crippen molar-refractivity contribution in [2.75, 3.05) is 17.9 Å². The Morgan fingerprint density at radius 3 is 2.65 bits per heavy atom. The number of aromatic nitrogens is 1. The zero-order valence-corrected chi connectivity index (χ0v) is 17.7. The third-order valence-corrected chi connectivity index (χ3v) is 5.40. The molecule has 3 rings (SSSR count). The zero-order valence-electron chi connectivity index (χ0n) is 16.9. The first-order valence-electron chi connectivity index (χ1n) is 9.48. The predicted molar refractivity (Wildman–Crippen MR) is 120 cm³/mol. The van der Waals surface area contributed by atoms with Gasteiger partial charge in [-0.15, -0.1) is 6.58 Å². The average molecular weight is 444 g/mol. The van der Waals surface area contributed by atoms with Crippen LogP contribution in [0.1, 0.15) is 28.8 Å². The Hall–Kier alpha value is -3.30. The van der Waals surface area contributed by atoms with Gasteiger partial charge in [0.25, 0.3) is 17.2 Å². The number of anilines is 1. The van der Waals surface area contributed by atoms with Crippen molar-refractivity contribution >= 4 is 40.2 Å². The van der Waals surface area contributed by atoms with Gasteiger partial charge in [-0.2, -0.15) is 4.98 Å². The quantitative estimate of drug-likeness (QED) is 0.287. The molecule has 0 bridgehead atoms. The highest BCUT2D eigenvalue weighted by Crippen LogP contribution is 2.36. The number of carbonyl (C=O) groups excluding carboxylic acids is 1. The molecule has 1 unspecified atom stereocenters. The summed E-state index contributed by atoms with van der Waals surface area (Å²) in [7, 11) is 1.49. The van der Waals surface area contributed by atoms with E-state index in [1.54, 1.807) is 12.1 Å². The minimum Gasteiger partial charge on any atom is -0.437 e. The Bertz CT molecular complexity index is 1160. The summed E-state index contributed by atoms with van der Waals surface area (Å²) in [6.07, 6.45) is 4.47. The third-order valence-electron chi connectivity index (χ3n) is 4.67. The number of hydrogen-bond donors (Lipinski definition) is 2. The minimum atomic E-state index is -2.33. The fraction of sp³-hybridized carbons (Fsp3) is 0.182. The molecule has 0 spiro atoms. The summed E-state index contributed by atoms with van der Waals surface area (Å²) >= 11 is -2.33. The van der Waals surface area contributed by atoms with E-state index < -0.39 is 23.0 Å². The Morgan fingerprint density at radius 2 is 2.06 bits per heavy atom. The van der Waals surface area contributed by atoms with Crippen LogP contribution >= 0.6 is 0 Å². The largest absolute Gasteiger partial charge is 0.437 e. The Balaban J connectivity index is 2.23. The molecule has 0 saturated carbocycles. The van der Waals surface area contributed by atoms with E-state index in [0.717, 1.165) is 0 Å². The van der Waals surface area contributed by atoms with Gasteiger partial charge < -0.3 is 9.73 Å². The minimum absolute atomic E-state index is 0.109. The molecule has 1 aromatic carbocycles. The molecule has 0 aliphatic rings. The molecule has 3 aromatic rings. The van der Waals surface area contributed by atoms with E-state index in [0.29, 0.717) is 29.4 Å². The molecular weight excluding hydrogens is 421 g/mol. The molecule has 0 radical (unpaired) electrons. The van der Waals surface area contributed by atoms with E-state index in [1.165, 1.54) is 41.7 Å². The van der Waals surface area contributed by atoms with Crippen molar-refractivity contribution in [3.63, 3.8) is 0 Å². The van der Waals surface area contributed by atoms with Gasteiger partial charge in [0.1, 0.15) is 11.6 Å². The van der Waals surface area contributed by atoms with Crippen molar-refractivity contribution in [1.29, 1.82) is 0 Å². The molecule has 0 fully saturated rings. The number of unbranched alkanes of at least 4 members (excludes halogenated alkanes) is 1. The highest BCUT2D eigenvalue weighted by Gasteiger charge is 2.26. The monoisotopic (exact) mass is 443 g/mol. The van der Waals surface area contributed by atoms with Crippen LogP contribution in [0.15, 0.2) is 54.0 Å². The summed E-state index contributed by atoms with van der Waals surface area (Å²) < 4.78 is 42.3. The molecule has 162 valence electrons. The number of fused-ring (bicyclic) bond motifs is 1. The molecule has 1 amide bonds. The lowest BCUT2D eigenvalue weighted by atomic mass is 10.0. The van der Waals surface area contributed by atoms with E-state index in [1.807, 2.05) is 0 Å². The summed E-state index contributed by atoms with van der Waals surface area (Å²) in [6, 6.07) is 7.17. The number of hydrogen-bond acceptors (Lipinski definition) is 4. The number of carbonyl (C=O) groups is 1. The topological polar surface area (TPSA) is 95.7 Å². The molecule has 0 aliphatic carbocycles. The fourth-order valence-electron chi connectivity index (χ4n) is 3.17. The first-order chi connectivity index (χ1) is 14.9. The predicted octanol–water partition coefficient (Wildman–Crippen LogP) is 4.55. The second-order valence-electron chi connectivity index (χ2n) is 6.61. The number of amides is 1. The van der Waals surface area contributed by atoms with Gasteiger partial charge in [0.2, 0.25) is 5.71 Å². The van der Waals surface area contributed by atoms with Gasteiger partial charge in [0.05, 0.1) is 10.9 Å². The first kappa shape index (κ1) is 22.4. The van der Waals surface area contributed by atoms with Gasteiger partial charge in [-0.05, 0) is 43.2 Å². The number of furan rings is 1. The highest BCUT2D eigenvalue weighted by atomic mass is 32.2. The number of benzene rings is 1. The second-order valence-corrected chi connectivity index (χ2v) is 7.52. The van der Waals surface area contributed by atoms with Gasteiger partial charge in [0.15, 0.2) is 5.82 Å². The standard InChI is InChI=1S/C22H22FN3O4S/c1-4-6-7-12-26(31(28)29)20-14(5-2)13-17-18(21(27)24-3)19(30-22(17)25-20)15-8-10-16(23)11-9-15/h4-5,8-11,13H,1-2,6-7,12H2,3H3,(H,24,27)(H,28,29). The third kappa shape index (κ3) is 4.57. The molecule has 7 nitrogen and oxygen atoms in total. The van der Waals surface area contributed by atoms with E-state index in [9.17, 15) is 17.9 Å². The van der Waals surface area contributed by atoms with E-state index in [4.69, 9.17) is 4.42 Å². The summed E-state index contributed by atoms with van der Waals surface area (Å²) in [4.78, 5) is 17.1. The fourth-order valence-corrected chi connectivity index (χ4v) is 3.75. The van der Waals surface area contributed by atoms with Gasteiger partial charge in [-0.1, -0.05) is 18.7 Å². The molecule has 0 saturated heterocycles. The average Bonchev–Trinajstić information content (AvgIpc) is 3.13. The van der Waals surface area contributed by atoms with E-state index >= 15 is 0 Å². The molecule has 9 heteroatoms. The van der Waals surface area contributed by atoms with Gasteiger partial charge in [-0.3, -0.25) is 13.7 Å². The van der Waals surface area contributed by atoms with Crippen molar-refractivity contribution < 1.29 is 22.4 Å². The van der Waals surface area contributed by atoms with Crippen molar-refractivity contribution in [2.45, 2.75) is 12.8 Å². The summed E-state index contributed by atoms with van der Waals surface area (Å²) in [5, 5.41) is 2.98. The normalized spacial score (nSPS) is 11.8. The van der Waals surface area contributed by atoms with Gasteiger partial charge in [0, 0.05) is 24.7 Å². The van der Waals surface area contributed by atoms with Crippen LogP contribution in [0, 0.1) is 5.82 Å². The molecule has 31 heavy (non-hydrogen) atoms. The summed E-state index contributed by atoms with van der Waals surface area (Å²) in [6.45, 7) is 7.68. The number of halogens is 1. The molecule has 2 aromatic heterocycles. The maximum Gasteiger partial charge on any atom is 0.263 e. The van der Waals surface area contributed by atoms with Crippen molar-refractivity contribution in [3.05, 3.63) is 66.5 Å². The summed E-state index contributed by atoms with van der Waals surface area (Å²) in [5.41, 5.74) is 1.30. The molecule has 2 N–H and O–H groups in total. The molecule has 1 atom stereocenters. The Kier molecular flexibility index (Phi) is 6.98. The zero-order chi connectivity index (χ0) is 22.5. The van der Waals surface area contributed by atoms with Crippen molar-refractivity contribution in [3.8, 4) is 11.3 Å². The maximum atomic E-state index is 13.4. The number of nitrogens with zero attached hydrogens (tertiary/aromatic N) is 2. The molecule has 0 aliphatic heterocycles. The van der Waals surface area contributed by atoms with Crippen LogP contribution in [0.25, 0.3) is 28.5 Å². The number of allylic oxidation sites excluding steroid dienone is 1. The Labute approximate surface area is 181 Å². The SMILES string of the molecule is C=CCCCN(c1nc2oc(-c3ccc(F)cc3)c(C(=O)NC)c2cc1C=C)S(=O)O. The van der Waals surface area contributed by atoms with Crippen LogP contribution < -0.4 is 9.62 Å².